The maximum Gasteiger partial charge on any atom is 0.339 e. The summed E-state index contributed by atoms with van der Waals surface area (Å²) in [7, 11) is 0. The Balaban J connectivity index is 1.15. The number of pyridine rings is 1. The molecule has 0 aliphatic carbocycles. The van der Waals surface area contributed by atoms with Gasteiger partial charge in [0.15, 0.2) is 5.78 Å². The highest BCUT2D eigenvalue weighted by atomic mass is 16.4. The Morgan fingerprint density at radius 1 is 0.518 bits per heavy atom. The first-order chi connectivity index (χ1) is 26.8. The Hall–Kier alpha value is -8.29. The van der Waals surface area contributed by atoms with Crippen LogP contribution in [0.25, 0.3) is 39.8 Å². The van der Waals surface area contributed by atoms with Gasteiger partial charge in [-0.2, -0.15) is 0 Å². The molecule has 4 heterocycles. The molecule has 0 radical (unpaired) electrons. The normalized spacial score (nSPS) is 11.1. The van der Waals surface area contributed by atoms with Crippen molar-refractivity contribution in [3.63, 3.8) is 0 Å². The summed E-state index contributed by atoms with van der Waals surface area (Å²) < 4.78 is 3.94. The van der Waals surface area contributed by atoms with Crippen molar-refractivity contribution in [2.24, 2.45) is 0 Å². The van der Waals surface area contributed by atoms with E-state index in [0.717, 1.165) is 0 Å². The van der Waals surface area contributed by atoms with E-state index in [-0.39, 0.29) is 57.2 Å². The molecule has 280 valence electrons. The molecule has 0 bridgehead atoms. The maximum atomic E-state index is 13.7. The highest BCUT2D eigenvalue weighted by Gasteiger charge is 2.19. The number of aromatic nitrogens is 10. The number of hydrogen-bond acceptors (Lipinski definition) is 14. The number of carboxylic acid groups (broad SMARTS) is 3. The third-order valence-electron chi connectivity index (χ3n) is 8.47. The third-order valence-corrected chi connectivity index (χ3v) is 8.47. The van der Waals surface area contributed by atoms with E-state index in [0.29, 0.717) is 35.6 Å². The van der Waals surface area contributed by atoms with Crippen LogP contribution in [0.5, 0.6) is 17.2 Å². The quantitative estimate of drug-likeness (QED) is 0.0916. The number of rotatable bonds is 13. The summed E-state index contributed by atoms with van der Waals surface area (Å²) in [6, 6.07) is 14.7. The summed E-state index contributed by atoms with van der Waals surface area (Å²) in [5.74, 6) is -5.57. The SMILES string of the molecule is O=C(CCCc1cn(-c2ccc(C(=O)O)c(O)c2)nn1)c1cc(-c2cn(-c3ccc(C(=O)O)c(O)c3)nn2)nc(-c2cn(-c3ccc(C(=O)O)c(O)c3)nn2)c1. The number of carbonyl (C=O) groups is 4. The number of ketones is 1. The molecule has 0 aliphatic heterocycles. The van der Waals surface area contributed by atoms with Gasteiger partial charge in [0.2, 0.25) is 0 Å². The summed E-state index contributed by atoms with van der Waals surface area (Å²) in [4.78, 5) is 52.3. The Kier molecular flexibility index (Phi) is 9.42. The van der Waals surface area contributed by atoms with Crippen LogP contribution in [-0.4, -0.2) is 104 Å². The van der Waals surface area contributed by atoms with E-state index in [4.69, 9.17) is 5.11 Å². The number of carbonyl (C=O) groups excluding carboxylic acids is 1. The van der Waals surface area contributed by atoms with Crippen LogP contribution in [0, 0.1) is 0 Å². The molecule has 56 heavy (non-hydrogen) atoms. The molecule has 0 amide bonds. The van der Waals surface area contributed by atoms with Gasteiger partial charge in [-0.1, -0.05) is 15.6 Å². The monoisotopic (exact) mass is 758 g/mol. The fourth-order valence-corrected chi connectivity index (χ4v) is 5.61. The lowest BCUT2D eigenvalue weighted by atomic mass is 10.0. The van der Waals surface area contributed by atoms with Crippen LogP contribution in [0.3, 0.4) is 0 Å². The molecule has 3 aromatic carbocycles. The van der Waals surface area contributed by atoms with Gasteiger partial charge in [-0.3, -0.25) is 4.79 Å². The standard InChI is InChI=1S/C36H26N10O10/c47-30(3-1-2-19-15-44(41-38-19)20-4-7-23(34(51)52)31(48)12-20)18-10-26(28-16-45(42-39-28)21-5-8-24(35(53)54)32(49)13-21)37-27(11-18)29-17-46(43-40-29)22-6-9-25(36(55)56)33(50)14-22/h4-17,48-50H,1-3H2,(H,51,52)(H,53,54)(H,55,56). The van der Waals surface area contributed by atoms with Gasteiger partial charge in [0.1, 0.15) is 45.3 Å². The van der Waals surface area contributed by atoms with E-state index in [9.17, 15) is 44.7 Å². The van der Waals surface area contributed by atoms with Crippen molar-refractivity contribution in [1.29, 1.82) is 0 Å². The third kappa shape index (κ3) is 7.32. The predicted octanol–water partition coefficient (Wildman–Crippen LogP) is 3.57. The first-order valence-corrected chi connectivity index (χ1v) is 16.4. The maximum absolute atomic E-state index is 13.7. The molecule has 0 saturated carbocycles. The molecule has 0 saturated heterocycles. The Labute approximate surface area is 312 Å². The van der Waals surface area contributed by atoms with E-state index in [1.807, 2.05) is 0 Å². The summed E-state index contributed by atoms with van der Waals surface area (Å²) in [6.45, 7) is 0. The zero-order valence-electron chi connectivity index (χ0n) is 28.5. The van der Waals surface area contributed by atoms with Crippen molar-refractivity contribution >= 4 is 23.7 Å². The van der Waals surface area contributed by atoms with Crippen molar-refractivity contribution in [3.05, 3.63) is 113 Å². The second kappa shape index (κ2) is 14.6. The summed E-state index contributed by atoms with van der Waals surface area (Å²) in [6.07, 6.45) is 5.30. The Morgan fingerprint density at radius 2 is 0.929 bits per heavy atom. The number of Topliss-reactive ketones (excluding diaryl/α,β-unsaturated/α-hetero) is 1. The van der Waals surface area contributed by atoms with E-state index in [1.165, 1.54) is 93.2 Å². The molecule has 20 nitrogen and oxygen atoms in total. The van der Waals surface area contributed by atoms with Crippen molar-refractivity contribution in [2.75, 3.05) is 0 Å². The average molecular weight is 759 g/mol. The van der Waals surface area contributed by atoms with Gasteiger partial charge in [0.05, 0.1) is 52.7 Å². The molecule has 0 spiro atoms. The minimum absolute atomic E-state index is 0.0631. The highest BCUT2D eigenvalue weighted by molar-refractivity contribution is 5.98. The number of aromatic carboxylic acids is 3. The van der Waals surface area contributed by atoms with Crippen molar-refractivity contribution in [1.82, 2.24) is 50.0 Å². The Bertz CT molecular complexity index is 2580. The second-order valence-corrected chi connectivity index (χ2v) is 12.2. The van der Waals surface area contributed by atoms with Gasteiger partial charge in [-0.05, 0) is 61.4 Å². The molecule has 0 fully saturated rings. The first-order valence-electron chi connectivity index (χ1n) is 16.4. The van der Waals surface area contributed by atoms with Gasteiger partial charge in [-0.15, -0.1) is 15.3 Å². The van der Waals surface area contributed by atoms with Crippen LogP contribution in [0.4, 0.5) is 0 Å². The lowest BCUT2D eigenvalue weighted by molar-refractivity contribution is 0.0682. The molecule has 0 unspecified atom stereocenters. The largest absolute Gasteiger partial charge is 0.507 e. The minimum Gasteiger partial charge on any atom is -0.507 e. The molecule has 7 aromatic rings. The molecule has 20 heteroatoms. The van der Waals surface area contributed by atoms with Crippen molar-refractivity contribution in [2.45, 2.75) is 19.3 Å². The van der Waals surface area contributed by atoms with Crippen LogP contribution in [0.15, 0.2) is 85.3 Å². The van der Waals surface area contributed by atoms with Crippen LogP contribution >= 0.6 is 0 Å². The number of phenols is 3. The Morgan fingerprint density at radius 3 is 1.34 bits per heavy atom. The smallest absolute Gasteiger partial charge is 0.339 e. The lowest BCUT2D eigenvalue weighted by Gasteiger charge is -2.06. The number of aryl methyl sites for hydroxylation is 1. The number of aromatic hydroxyl groups is 3. The molecular weight excluding hydrogens is 732 g/mol. The lowest BCUT2D eigenvalue weighted by Crippen LogP contribution is -2.03. The van der Waals surface area contributed by atoms with Gasteiger partial charge in [0, 0.05) is 30.2 Å². The average Bonchev–Trinajstić information content (AvgIpc) is 3.96. The van der Waals surface area contributed by atoms with E-state index in [1.54, 1.807) is 6.20 Å². The van der Waals surface area contributed by atoms with Crippen LogP contribution in [-0.2, 0) is 6.42 Å². The number of nitrogens with zero attached hydrogens (tertiary/aromatic N) is 10. The van der Waals surface area contributed by atoms with Gasteiger partial charge in [0.25, 0.3) is 0 Å². The molecule has 4 aromatic heterocycles. The molecule has 7 rings (SSSR count). The highest BCUT2D eigenvalue weighted by Crippen LogP contribution is 2.28. The van der Waals surface area contributed by atoms with Crippen LogP contribution in [0.2, 0.25) is 0 Å². The molecule has 0 atom stereocenters. The zero-order chi connectivity index (χ0) is 39.7. The second-order valence-electron chi connectivity index (χ2n) is 12.2. The molecule has 0 aliphatic rings. The molecule has 6 N–H and O–H groups in total. The predicted molar refractivity (Wildman–Crippen MR) is 189 cm³/mol. The summed E-state index contributed by atoms with van der Waals surface area (Å²) in [5.41, 5.74) is 1.73. The van der Waals surface area contributed by atoms with Crippen LogP contribution in [0.1, 0.15) is 60.0 Å². The summed E-state index contributed by atoms with van der Waals surface area (Å²) >= 11 is 0. The fraction of sp³-hybridized carbons (Fsp3) is 0.0833. The fourth-order valence-electron chi connectivity index (χ4n) is 5.61. The molecular formula is C36H26N10O10. The van der Waals surface area contributed by atoms with Gasteiger partial charge in [-0.25, -0.2) is 33.4 Å². The number of carboxylic acids is 3. The number of hydrogen-bond donors (Lipinski definition) is 6. The first kappa shape index (κ1) is 36.1. The van der Waals surface area contributed by atoms with Crippen LogP contribution < -0.4 is 0 Å². The van der Waals surface area contributed by atoms with E-state index >= 15 is 0 Å². The summed E-state index contributed by atoms with van der Waals surface area (Å²) in [5, 5.41) is 82.8. The number of benzene rings is 3. The topological polar surface area (TPSA) is 295 Å². The van der Waals surface area contributed by atoms with Crippen molar-refractivity contribution < 1.29 is 49.8 Å². The van der Waals surface area contributed by atoms with Crippen molar-refractivity contribution in [3.8, 4) is 57.1 Å². The van der Waals surface area contributed by atoms with E-state index in [2.05, 4.69) is 35.9 Å². The van der Waals surface area contributed by atoms with E-state index < -0.39 is 35.2 Å². The minimum atomic E-state index is -1.31. The van der Waals surface area contributed by atoms with Gasteiger partial charge >= 0.3 is 17.9 Å². The zero-order valence-corrected chi connectivity index (χ0v) is 28.5. The van der Waals surface area contributed by atoms with Gasteiger partial charge < -0.3 is 30.6 Å².